The second-order valence-corrected chi connectivity index (χ2v) is 4.78. The molecule has 0 saturated heterocycles. The van der Waals surface area contributed by atoms with Crippen molar-refractivity contribution >= 4 is 11.5 Å². The minimum Gasteiger partial charge on any atom is -0.494 e. The van der Waals surface area contributed by atoms with E-state index in [4.69, 9.17) is 4.74 Å². The average molecular weight is 288 g/mol. The number of rotatable bonds is 7. The van der Waals surface area contributed by atoms with E-state index >= 15 is 0 Å². The van der Waals surface area contributed by atoms with E-state index in [9.17, 15) is 4.79 Å². The second kappa shape index (κ2) is 7.42. The van der Waals surface area contributed by atoms with Crippen molar-refractivity contribution in [2.75, 3.05) is 11.9 Å². The molecule has 0 spiro atoms. The Hall–Kier alpha value is -2.37. The molecule has 2 rings (SSSR count). The Morgan fingerprint density at radius 3 is 2.71 bits per heavy atom. The van der Waals surface area contributed by atoms with Gasteiger partial charge in [-0.3, -0.25) is 0 Å². The number of aromatic nitrogens is 3. The molecule has 0 unspecified atom stereocenters. The molecule has 0 bridgehead atoms. The van der Waals surface area contributed by atoms with Crippen LogP contribution in [0.4, 0.5) is 11.5 Å². The van der Waals surface area contributed by atoms with Crippen molar-refractivity contribution < 1.29 is 4.74 Å². The molecule has 0 aliphatic rings. The van der Waals surface area contributed by atoms with Gasteiger partial charge < -0.3 is 10.1 Å². The van der Waals surface area contributed by atoms with Crippen LogP contribution in [0.2, 0.25) is 0 Å². The summed E-state index contributed by atoms with van der Waals surface area (Å²) in [7, 11) is 0. The van der Waals surface area contributed by atoms with E-state index in [-0.39, 0.29) is 0 Å². The van der Waals surface area contributed by atoms with Gasteiger partial charge in [0.2, 0.25) is 0 Å². The SMILES string of the molecule is CCCCCOc1ccc(Nc2nc(=O)[nH]nc2C)cc1. The summed E-state index contributed by atoms with van der Waals surface area (Å²) in [4.78, 5) is 15.0. The molecule has 1 heterocycles. The van der Waals surface area contributed by atoms with Gasteiger partial charge in [0.25, 0.3) is 0 Å². The Morgan fingerprint density at radius 2 is 2.00 bits per heavy atom. The summed E-state index contributed by atoms with van der Waals surface area (Å²) in [6.45, 7) is 4.68. The lowest BCUT2D eigenvalue weighted by molar-refractivity contribution is 0.306. The Kier molecular flexibility index (Phi) is 5.31. The van der Waals surface area contributed by atoms with Gasteiger partial charge in [0, 0.05) is 5.69 Å². The van der Waals surface area contributed by atoms with Crippen molar-refractivity contribution in [1.29, 1.82) is 0 Å². The van der Waals surface area contributed by atoms with Crippen molar-refractivity contribution in [1.82, 2.24) is 15.2 Å². The van der Waals surface area contributed by atoms with Crippen molar-refractivity contribution in [2.45, 2.75) is 33.1 Å². The number of hydrogen-bond donors (Lipinski definition) is 2. The van der Waals surface area contributed by atoms with Crippen LogP contribution in [0.25, 0.3) is 0 Å². The average Bonchev–Trinajstić information content (AvgIpc) is 2.49. The summed E-state index contributed by atoms with van der Waals surface area (Å²) in [6.07, 6.45) is 3.43. The van der Waals surface area contributed by atoms with Crippen LogP contribution >= 0.6 is 0 Å². The highest BCUT2D eigenvalue weighted by Crippen LogP contribution is 2.19. The predicted molar refractivity (Wildman–Crippen MR) is 82.1 cm³/mol. The molecule has 0 fully saturated rings. The first-order valence-corrected chi connectivity index (χ1v) is 7.12. The largest absolute Gasteiger partial charge is 0.494 e. The van der Waals surface area contributed by atoms with Crippen LogP contribution in [0, 0.1) is 6.92 Å². The lowest BCUT2D eigenvalue weighted by Crippen LogP contribution is -2.15. The molecule has 0 amide bonds. The topological polar surface area (TPSA) is 79.9 Å². The van der Waals surface area contributed by atoms with Crippen LogP contribution < -0.4 is 15.7 Å². The third-order valence-electron chi connectivity index (χ3n) is 3.01. The summed E-state index contributed by atoms with van der Waals surface area (Å²) in [5, 5.41) is 9.22. The first-order chi connectivity index (χ1) is 10.2. The molecule has 0 aliphatic heterocycles. The molecule has 6 heteroatoms. The van der Waals surface area contributed by atoms with Gasteiger partial charge in [-0.25, -0.2) is 9.89 Å². The predicted octanol–water partition coefficient (Wildman–Crippen LogP) is 2.79. The standard InChI is InChI=1S/C15H20N4O2/c1-3-4-5-10-21-13-8-6-12(7-9-13)16-14-11(2)18-19-15(20)17-14/h6-9H,3-5,10H2,1-2H3,(H2,16,17,19,20). The summed E-state index contributed by atoms with van der Waals surface area (Å²) in [5.74, 6) is 1.29. The minimum atomic E-state index is -0.473. The van der Waals surface area contributed by atoms with Crippen LogP contribution in [0.5, 0.6) is 5.75 Å². The molecular weight excluding hydrogens is 268 g/mol. The highest BCUT2D eigenvalue weighted by molar-refractivity contribution is 5.58. The van der Waals surface area contributed by atoms with Gasteiger partial charge >= 0.3 is 5.69 Å². The van der Waals surface area contributed by atoms with Crippen LogP contribution in [0.3, 0.4) is 0 Å². The van der Waals surface area contributed by atoms with Gasteiger partial charge in [0.1, 0.15) is 11.4 Å². The molecule has 0 radical (unpaired) electrons. The maximum Gasteiger partial charge on any atom is 0.363 e. The molecule has 6 nitrogen and oxygen atoms in total. The van der Waals surface area contributed by atoms with E-state index in [1.54, 1.807) is 6.92 Å². The van der Waals surface area contributed by atoms with Crippen molar-refractivity contribution in [2.24, 2.45) is 0 Å². The van der Waals surface area contributed by atoms with Crippen molar-refractivity contribution in [3.05, 3.63) is 40.4 Å². The van der Waals surface area contributed by atoms with Gasteiger partial charge in [-0.15, -0.1) is 0 Å². The summed E-state index contributed by atoms with van der Waals surface area (Å²) < 4.78 is 5.65. The smallest absolute Gasteiger partial charge is 0.363 e. The fourth-order valence-electron chi connectivity index (χ4n) is 1.82. The zero-order chi connectivity index (χ0) is 15.1. The first-order valence-electron chi connectivity index (χ1n) is 7.12. The number of ether oxygens (including phenoxy) is 1. The Bertz CT molecular complexity index is 622. The molecule has 0 atom stereocenters. The van der Waals surface area contributed by atoms with E-state index in [1.807, 2.05) is 24.3 Å². The Morgan fingerprint density at radius 1 is 1.24 bits per heavy atom. The van der Waals surface area contributed by atoms with E-state index in [0.29, 0.717) is 11.5 Å². The van der Waals surface area contributed by atoms with Gasteiger partial charge in [0.05, 0.1) is 6.61 Å². The number of hydrogen-bond acceptors (Lipinski definition) is 5. The van der Waals surface area contributed by atoms with E-state index < -0.39 is 5.69 Å². The fourth-order valence-corrected chi connectivity index (χ4v) is 1.82. The number of aryl methyl sites for hydroxylation is 1. The maximum atomic E-state index is 11.2. The lowest BCUT2D eigenvalue weighted by Gasteiger charge is -2.09. The normalized spacial score (nSPS) is 10.4. The molecule has 1 aromatic carbocycles. The van der Waals surface area contributed by atoms with Gasteiger partial charge in [-0.1, -0.05) is 19.8 Å². The fraction of sp³-hybridized carbons (Fsp3) is 0.400. The Labute approximate surface area is 123 Å². The molecule has 1 aromatic heterocycles. The van der Waals surface area contributed by atoms with Crippen LogP contribution in [-0.4, -0.2) is 21.8 Å². The Balaban J connectivity index is 1.96. The summed E-state index contributed by atoms with van der Waals surface area (Å²) >= 11 is 0. The second-order valence-electron chi connectivity index (χ2n) is 4.78. The monoisotopic (exact) mass is 288 g/mol. The van der Waals surface area contributed by atoms with E-state index in [2.05, 4.69) is 27.4 Å². The van der Waals surface area contributed by atoms with Crippen LogP contribution in [-0.2, 0) is 0 Å². The summed E-state index contributed by atoms with van der Waals surface area (Å²) in [5.41, 5.74) is 0.993. The van der Waals surface area contributed by atoms with Crippen LogP contribution in [0.1, 0.15) is 31.9 Å². The molecular formula is C15H20N4O2. The van der Waals surface area contributed by atoms with Crippen molar-refractivity contribution in [3.8, 4) is 5.75 Å². The quantitative estimate of drug-likeness (QED) is 0.766. The van der Waals surface area contributed by atoms with E-state index in [1.165, 1.54) is 12.8 Å². The lowest BCUT2D eigenvalue weighted by atomic mass is 10.2. The van der Waals surface area contributed by atoms with Crippen LogP contribution in [0.15, 0.2) is 29.1 Å². The highest BCUT2D eigenvalue weighted by Gasteiger charge is 2.03. The number of nitrogens with one attached hydrogen (secondary N) is 2. The number of aromatic amines is 1. The summed E-state index contributed by atoms with van der Waals surface area (Å²) in [6, 6.07) is 7.56. The zero-order valence-electron chi connectivity index (χ0n) is 12.3. The van der Waals surface area contributed by atoms with Gasteiger partial charge in [-0.2, -0.15) is 10.1 Å². The molecule has 2 N–H and O–H groups in total. The maximum absolute atomic E-state index is 11.2. The van der Waals surface area contributed by atoms with E-state index in [0.717, 1.165) is 24.5 Å². The van der Waals surface area contributed by atoms with Gasteiger partial charge in [0.15, 0.2) is 5.82 Å². The third-order valence-corrected chi connectivity index (χ3v) is 3.01. The molecule has 0 saturated carbocycles. The first kappa shape index (κ1) is 15.0. The highest BCUT2D eigenvalue weighted by atomic mass is 16.5. The number of benzene rings is 1. The molecule has 0 aliphatic carbocycles. The number of unbranched alkanes of at least 4 members (excludes halogenated alkanes) is 2. The molecule has 112 valence electrons. The number of anilines is 2. The molecule has 21 heavy (non-hydrogen) atoms. The molecule has 2 aromatic rings. The number of H-pyrrole nitrogens is 1. The zero-order valence-corrected chi connectivity index (χ0v) is 12.3. The number of nitrogens with zero attached hydrogens (tertiary/aromatic N) is 2. The third kappa shape index (κ3) is 4.59. The minimum absolute atomic E-state index is 0.454. The van der Waals surface area contributed by atoms with Gasteiger partial charge in [-0.05, 0) is 37.6 Å². The van der Waals surface area contributed by atoms with Crippen molar-refractivity contribution in [3.63, 3.8) is 0 Å².